The van der Waals surface area contributed by atoms with Gasteiger partial charge in [-0.25, -0.2) is 4.39 Å². The second kappa shape index (κ2) is 5.10. The Kier molecular flexibility index (Phi) is 3.28. The number of nitrogens with one attached hydrogen (secondary N) is 1. The van der Waals surface area contributed by atoms with E-state index < -0.39 is 0 Å². The molecule has 0 aliphatic carbocycles. The molecule has 3 rings (SSSR count). The van der Waals surface area contributed by atoms with E-state index in [1.54, 1.807) is 12.1 Å². The minimum Gasteiger partial charge on any atom is -0.361 e. The number of rotatable bonds is 3. The Bertz CT molecular complexity index is 744. The van der Waals surface area contributed by atoms with E-state index in [-0.39, 0.29) is 5.82 Å². The van der Waals surface area contributed by atoms with Crippen molar-refractivity contribution in [1.82, 2.24) is 9.88 Å². The molecule has 0 aliphatic heterocycles. The number of aromatic amines is 1. The zero-order chi connectivity index (χ0) is 14.1. The standard InChI is InChI=1S/C17H17FN2/c1-20(2)11-13-10-19-16-8-4-7-15(17(13)16)12-5-3-6-14(18)9-12/h3-10,19H,11H2,1-2H3. The van der Waals surface area contributed by atoms with Gasteiger partial charge in [0.25, 0.3) is 0 Å². The predicted octanol–water partition coefficient (Wildman–Crippen LogP) is 4.04. The van der Waals surface area contributed by atoms with Crippen molar-refractivity contribution in [3.8, 4) is 11.1 Å². The van der Waals surface area contributed by atoms with Crippen LogP contribution in [0.1, 0.15) is 5.56 Å². The smallest absolute Gasteiger partial charge is 0.123 e. The highest BCUT2D eigenvalue weighted by atomic mass is 19.1. The van der Waals surface area contributed by atoms with Crippen LogP contribution >= 0.6 is 0 Å². The van der Waals surface area contributed by atoms with Crippen molar-refractivity contribution < 1.29 is 4.39 Å². The van der Waals surface area contributed by atoms with Gasteiger partial charge in [-0.1, -0.05) is 24.3 Å². The highest BCUT2D eigenvalue weighted by molar-refractivity contribution is 5.97. The summed E-state index contributed by atoms with van der Waals surface area (Å²) in [6, 6.07) is 12.9. The maximum Gasteiger partial charge on any atom is 0.123 e. The van der Waals surface area contributed by atoms with Gasteiger partial charge < -0.3 is 9.88 Å². The van der Waals surface area contributed by atoms with Gasteiger partial charge in [-0.3, -0.25) is 0 Å². The van der Waals surface area contributed by atoms with Crippen LogP contribution in [0.3, 0.4) is 0 Å². The maximum absolute atomic E-state index is 13.5. The second-order valence-electron chi connectivity index (χ2n) is 5.29. The maximum atomic E-state index is 13.5. The van der Waals surface area contributed by atoms with E-state index in [4.69, 9.17) is 0 Å². The number of hydrogen-bond donors (Lipinski definition) is 1. The predicted molar refractivity (Wildman–Crippen MR) is 81.1 cm³/mol. The van der Waals surface area contributed by atoms with Gasteiger partial charge in [0, 0.05) is 23.6 Å². The summed E-state index contributed by atoms with van der Waals surface area (Å²) in [6.07, 6.45) is 2.04. The normalized spacial score (nSPS) is 11.4. The van der Waals surface area contributed by atoms with Crippen LogP contribution in [-0.4, -0.2) is 24.0 Å². The molecule has 0 amide bonds. The van der Waals surface area contributed by atoms with E-state index >= 15 is 0 Å². The van der Waals surface area contributed by atoms with E-state index in [2.05, 4.69) is 16.0 Å². The van der Waals surface area contributed by atoms with Crippen LogP contribution in [0.5, 0.6) is 0 Å². The lowest BCUT2D eigenvalue weighted by Gasteiger charge is -2.11. The van der Waals surface area contributed by atoms with E-state index in [1.165, 1.54) is 17.0 Å². The number of halogens is 1. The zero-order valence-electron chi connectivity index (χ0n) is 11.7. The Morgan fingerprint density at radius 2 is 1.90 bits per heavy atom. The van der Waals surface area contributed by atoms with Gasteiger partial charge in [0.15, 0.2) is 0 Å². The lowest BCUT2D eigenvalue weighted by atomic mass is 9.99. The lowest BCUT2D eigenvalue weighted by Crippen LogP contribution is -2.10. The number of H-pyrrole nitrogens is 1. The van der Waals surface area contributed by atoms with Crippen molar-refractivity contribution in [2.45, 2.75) is 6.54 Å². The first-order chi connectivity index (χ1) is 9.65. The molecule has 3 heteroatoms. The second-order valence-corrected chi connectivity index (χ2v) is 5.29. The molecule has 0 saturated heterocycles. The molecule has 1 heterocycles. The van der Waals surface area contributed by atoms with Crippen LogP contribution in [0.25, 0.3) is 22.0 Å². The molecular weight excluding hydrogens is 251 g/mol. The van der Waals surface area contributed by atoms with Gasteiger partial charge in [-0.05, 0) is 49.0 Å². The Morgan fingerprint density at radius 1 is 1.10 bits per heavy atom. The monoisotopic (exact) mass is 268 g/mol. The molecule has 2 aromatic carbocycles. The average Bonchev–Trinajstić information content (AvgIpc) is 2.81. The number of nitrogens with zero attached hydrogens (tertiary/aromatic N) is 1. The first-order valence-corrected chi connectivity index (χ1v) is 6.65. The fourth-order valence-electron chi connectivity index (χ4n) is 2.62. The van der Waals surface area contributed by atoms with Crippen molar-refractivity contribution in [2.75, 3.05) is 14.1 Å². The Balaban J connectivity index is 2.22. The molecule has 0 aliphatic rings. The molecule has 0 atom stereocenters. The molecule has 0 radical (unpaired) electrons. The number of fused-ring (bicyclic) bond motifs is 1. The van der Waals surface area contributed by atoms with Crippen LogP contribution in [-0.2, 0) is 6.54 Å². The molecule has 102 valence electrons. The Hall–Kier alpha value is -2.13. The third-order valence-corrected chi connectivity index (χ3v) is 3.41. The van der Waals surface area contributed by atoms with E-state index in [9.17, 15) is 4.39 Å². The van der Waals surface area contributed by atoms with E-state index in [0.29, 0.717) is 0 Å². The summed E-state index contributed by atoms with van der Waals surface area (Å²) in [5, 5.41) is 1.17. The van der Waals surface area contributed by atoms with Crippen LogP contribution in [0.15, 0.2) is 48.7 Å². The molecule has 20 heavy (non-hydrogen) atoms. The SMILES string of the molecule is CN(C)Cc1c[nH]c2cccc(-c3cccc(F)c3)c12. The summed E-state index contributed by atoms with van der Waals surface area (Å²) in [5.74, 6) is -0.204. The first kappa shape index (κ1) is 12.9. The molecular formula is C17H17FN2. The summed E-state index contributed by atoms with van der Waals surface area (Å²) < 4.78 is 13.5. The molecule has 0 spiro atoms. The quantitative estimate of drug-likeness (QED) is 0.759. The van der Waals surface area contributed by atoms with Crippen LogP contribution in [0, 0.1) is 5.82 Å². The van der Waals surface area contributed by atoms with Crippen molar-refractivity contribution in [3.05, 3.63) is 60.0 Å². The molecule has 0 unspecified atom stereocenters. The van der Waals surface area contributed by atoms with Crippen LogP contribution < -0.4 is 0 Å². The van der Waals surface area contributed by atoms with Gasteiger partial charge in [0.1, 0.15) is 5.82 Å². The fourth-order valence-corrected chi connectivity index (χ4v) is 2.62. The van der Waals surface area contributed by atoms with Crippen molar-refractivity contribution >= 4 is 10.9 Å². The van der Waals surface area contributed by atoms with Crippen LogP contribution in [0.4, 0.5) is 4.39 Å². The van der Waals surface area contributed by atoms with Crippen molar-refractivity contribution in [1.29, 1.82) is 0 Å². The van der Waals surface area contributed by atoms with Gasteiger partial charge >= 0.3 is 0 Å². The molecule has 0 fully saturated rings. The first-order valence-electron chi connectivity index (χ1n) is 6.65. The molecule has 1 aromatic heterocycles. The van der Waals surface area contributed by atoms with Gasteiger partial charge in [-0.2, -0.15) is 0 Å². The highest BCUT2D eigenvalue weighted by Gasteiger charge is 2.11. The lowest BCUT2D eigenvalue weighted by molar-refractivity contribution is 0.404. The number of hydrogen-bond acceptors (Lipinski definition) is 1. The largest absolute Gasteiger partial charge is 0.361 e. The van der Waals surface area contributed by atoms with Gasteiger partial charge in [0.2, 0.25) is 0 Å². The van der Waals surface area contributed by atoms with E-state index in [0.717, 1.165) is 23.2 Å². The minimum absolute atomic E-state index is 0.204. The summed E-state index contributed by atoms with van der Waals surface area (Å²) in [7, 11) is 4.09. The molecule has 1 N–H and O–H groups in total. The number of aromatic nitrogens is 1. The zero-order valence-corrected chi connectivity index (χ0v) is 11.7. The highest BCUT2D eigenvalue weighted by Crippen LogP contribution is 2.31. The van der Waals surface area contributed by atoms with Gasteiger partial charge in [0.05, 0.1) is 0 Å². The Labute approximate surface area is 117 Å². The topological polar surface area (TPSA) is 19.0 Å². The average molecular weight is 268 g/mol. The fraction of sp³-hybridized carbons (Fsp3) is 0.176. The van der Waals surface area contributed by atoms with Crippen molar-refractivity contribution in [3.63, 3.8) is 0 Å². The molecule has 3 aromatic rings. The minimum atomic E-state index is -0.204. The summed E-state index contributed by atoms with van der Waals surface area (Å²) in [5.41, 5.74) is 4.30. The van der Waals surface area contributed by atoms with Crippen LogP contribution in [0.2, 0.25) is 0 Å². The Morgan fingerprint density at radius 3 is 2.65 bits per heavy atom. The van der Waals surface area contributed by atoms with Crippen molar-refractivity contribution in [2.24, 2.45) is 0 Å². The summed E-state index contributed by atoms with van der Waals surface area (Å²) >= 11 is 0. The third kappa shape index (κ3) is 2.32. The van der Waals surface area contributed by atoms with Gasteiger partial charge in [-0.15, -0.1) is 0 Å². The molecule has 0 bridgehead atoms. The summed E-state index contributed by atoms with van der Waals surface area (Å²) in [4.78, 5) is 5.43. The summed E-state index contributed by atoms with van der Waals surface area (Å²) in [6.45, 7) is 0.854. The number of benzene rings is 2. The third-order valence-electron chi connectivity index (χ3n) is 3.41. The van der Waals surface area contributed by atoms with E-state index in [1.807, 2.05) is 38.5 Å². The molecule has 2 nitrogen and oxygen atoms in total. The molecule has 0 saturated carbocycles.